The summed E-state index contributed by atoms with van der Waals surface area (Å²) < 4.78 is 43.5. The number of amides is 1. The van der Waals surface area contributed by atoms with Crippen LogP contribution in [0.15, 0.2) is 39.8 Å². The van der Waals surface area contributed by atoms with E-state index in [0.29, 0.717) is 9.96 Å². The Labute approximate surface area is 123 Å². The van der Waals surface area contributed by atoms with Crippen molar-refractivity contribution in [1.29, 1.82) is 0 Å². The number of sulfone groups is 1. The molecule has 0 spiro atoms. The van der Waals surface area contributed by atoms with E-state index in [-0.39, 0.29) is 0 Å². The lowest BCUT2D eigenvalue weighted by Gasteiger charge is -2.08. The third kappa shape index (κ3) is 8.73. The molecule has 118 valence electrons. The Bertz CT molecular complexity index is 675. The van der Waals surface area contributed by atoms with Gasteiger partial charge in [-0.25, -0.2) is 13.2 Å². The van der Waals surface area contributed by atoms with Gasteiger partial charge in [0, 0.05) is 13.3 Å². The molecule has 0 aliphatic heterocycles. The van der Waals surface area contributed by atoms with Crippen LogP contribution >= 0.6 is 0 Å². The lowest BCUT2D eigenvalue weighted by atomic mass is 10.4. The molecule has 0 saturated carbocycles. The number of nitrogens with zero attached hydrogens (tertiary/aromatic N) is 2. The Morgan fingerprint density at radius 2 is 1.76 bits per heavy atom. The molecule has 0 bridgehead atoms. The molecule has 1 aromatic carbocycles. The molecular formula is C10H14N2O7S2. The van der Waals surface area contributed by atoms with Gasteiger partial charge in [-0.05, 0) is 12.1 Å². The Kier molecular flexibility index (Phi) is 8.19. The third-order valence-corrected chi connectivity index (χ3v) is 3.20. The zero-order valence-corrected chi connectivity index (χ0v) is 13.1. The van der Waals surface area contributed by atoms with Crippen molar-refractivity contribution >= 4 is 26.4 Å². The number of carbonyl (C=O) groups is 1. The van der Waals surface area contributed by atoms with Gasteiger partial charge in [0.25, 0.3) is 0 Å². The summed E-state index contributed by atoms with van der Waals surface area (Å²) >= 11 is 0. The average molecular weight is 338 g/mol. The summed E-state index contributed by atoms with van der Waals surface area (Å²) in [7, 11) is -3.30. The van der Waals surface area contributed by atoms with E-state index >= 15 is 0 Å². The van der Waals surface area contributed by atoms with Crippen molar-refractivity contribution in [1.82, 2.24) is 5.06 Å². The molecule has 9 nitrogen and oxygen atoms in total. The lowest BCUT2D eigenvalue weighted by molar-refractivity contribution is -0.0898. The molecule has 0 aromatic heterocycles. The van der Waals surface area contributed by atoms with Gasteiger partial charge < -0.3 is 0 Å². The Morgan fingerprint density at radius 1 is 1.24 bits per heavy atom. The number of hydroxylamine groups is 2. The van der Waals surface area contributed by atoms with Crippen LogP contribution in [0.1, 0.15) is 0 Å². The number of hydrogen-bond acceptors (Lipinski definition) is 8. The van der Waals surface area contributed by atoms with E-state index in [1.807, 2.05) is 0 Å². The quantitative estimate of drug-likeness (QED) is 0.743. The SMILES string of the molecule is CON(C)C(=O)ON=S(=O)=O.CS(=O)(=O)c1ccccc1. The van der Waals surface area contributed by atoms with E-state index in [2.05, 4.69) is 14.2 Å². The van der Waals surface area contributed by atoms with Crippen LogP contribution < -0.4 is 0 Å². The second kappa shape index (κ2) is 9.05. The van der Waals surface area contributed by atoms with E-state index in [1.165, 1.54) is 20.4 Å². The zero-order valence-electron chi connectivity index (χ0n) is 11.5. The molecule has 0 heterocycles. The summed E-state index contributed by atoms with van der Waals surface area (Å²) in [5.74, 6) is 0. The molecule has 0 radical (unpaired) electrons. The fourth-order valence-electron chi connectivity index (χ4n) is 0.862. The largest absolute Gasteiger partial charge is 0.460 e. The molecule has 1 aromatic rings. The smallest absolute Gasteiger partial charge is 0.280 e. The first-order valence-electron chi connectivity index (χ1n) is 5.22. The van der Waals surface area contributed by atoms with Gasteiger partial charge >= 0.3 is 16.6 Å². The first kappa shape index (κ1) is 19.0. The van der Waals surface area contributed by atoms with Gasteiger partial charge in [0.2, 0.25) is 0 Å². The number of benzene rings is 1. The van der Waals surface area contributed by atoms with Gasteiger partial charge in [-0.15, -0.1) is 0 Å². The molecule has 0 fully saturated rings. The first-order chi connectivity index (χ1) is 9.68. The fraction of sp³-hybridized carbons (Fsp3) is 0.300. The van der Waals surface area contributed by atoms with Gasteiger partial charge in [0.1, 0.15) is 0 Å². The maximum atomic E-state index is 10.8. The zero-order chi connectivity index (χ0) is 16.5. The number of carbonyl (C=O) groups excluding carboxylic acids is 1. The highest BCUT2D eigenvalue weighted by Gasteiger charge is 2.08. The van der Waals surface area contributed by atoms with Gasteiger partial charge in [-0.2, -0.15) is 13.5 Å². The van der Waals surface area contributed by atoms with Crippen molar-refractivity contribution in [3.63, 3.8) is 0 Å². The van der Waals surface area contributed by atoms with Crippen LogP contribution in [0.3, 0.4) is 0 Å². The molecule has 0 atom stereocenters. The van der Waals surface area contributed by atoms with Gasteiger partial charge in [-0.3, -0.25) is 9.68 Å². The van der Waals surface area contributed by atoms with Crippen LogP contribution in [-0.2, 0) is 30.0 Å². The molecule has 11 heteroatoms. The highest BCUT2D eigenvalue weighted by Crippen LogP contribution is 2.05. The highest BCUT2D eigenvalue weighted by molar-refractivity contribution is 7.90. The molecule has 0 aliphatic carbocycles. The summed E-state index contributed by atoms with van der Waals surface area (Å²) in [5, 5.41) is 0.677. The Balaban J connectivity index is 0.000000382. The van der Waals surface area contributed by atoms with Crippen LogP contribution in [0.25, 0.3) is 0 Å². The van der Waals surface area contributed by atoms with Crippen molar-refractivity contribution in [3.8, 4) is 0 Å². The van der Waals surface area contributed by atoms with E-state index in [0.717, 1.165) is 0 Å². The van der Waals surface area contributed by atoms with Crippen molar-refractivity contribution in [2.45, 2.75) is 4.90 Å². The van der Waals surface area contributed by atoms with Gasteiger partial charge in [-0.1, -0.05) is 18.2 Å². The van der Waals surface area contributed by atoms with Crippen LogP contribution in [0.4, 0.5) is 4.79 Å². The summed E-state index contributed by atoms with van der Waals surface area (Å²) in [6, 6.07) is 8.35. The monoisotopic (exact) mass is 338 g/mol. The summed E-state index contributed by atoms with van der Waals surface area (Å²) in [6.45, 7) is 0. The number of rotatable bonds is 3. The highest BCUT2D eigenvalue weighted by atomic mass is 32.2. The molecule has 0 N–H and O–H groups in total. The summed E-state index contributed by atoms with van der Waals surface area (Å²) in [5.41, 5.74) is 0. The van der Waals surface area contributed by atoms with Crippen molar-refractivity contribution in [2.24, 2.45) is 4.53 Å². The normalized spacial score (nSPS) is 9.86. The van der Waals surface area contributed by atoms with E-state index in [4.69, 9.17) is 0 Å². The molecule has 0 saturated heterocycles. The van der Waals surface area contributed by atoms with Gasteiger partial charge in [0.15, 0.2) is 9.84 Å². The van der Waals surface area contributed by atoms with Crippen molar-refractivity contribution in [2.75, 3.05) is 20.4 Å². The third-order valence-electron chi connectivity index (χ3n) is 1.88. The predicted octanol–water partition coefficient (Wildman–Crippen LogP) is 0.684. The predicted molar refractivity (Wildman–Crippen MR) is 72.2 cm³/mol. The molecule has 1 rings (SSSR count). The van der Waals surface area contributed by atoms with Gasteiger partial charge in [0.05, 0.1) is 16.5 Å². The minimum absolute atomic E-state index is 0.370. The second-order valence-electron chi connectivity index (χ2n) is 3.41. The molecule has 1 amide bonds. The van der Waals surface area contributed by atoms with Crippen molar-refractivity contribution in [3.05, 3.63) is 30.3 Å². The van der Waals surface area contributed by atoms with Crippen molar-refractivity contribution < 1.29 is 31.3 Å². The molecule has 0 unspecified atom stereocenters. The van der Waals surface area contributed by atoms with Crippen LogP contribution in [0.2, 0.25) is 0 Å². The maximum Gasteiger partial charge on any atom is 0.460 e. The molecule has 0 aliphatic rings. The van der Waals surface area contributed by atoms with E-state index < -0.39 is 26.4 Å². The average Bonchev–Trinajstić information content (AvgIpc) is 2.44. The maximum absolute atomic E-state index is 10.8. The molecule has 21 heavy (non-hydrogen) atoms. The minimum atomic E-state index is -3.00. The second-order valence-corrected chi connectivity index (χ2v) is 6.01. The van der Waals surface area contributed by atoms with Crippen LogP contribution in [0, 0.1) is 0 Å². The summed E-state index contributed by atoms with van der Waals surface area (Å²) in [6.07, 6.45) is 0.180. The molecular weight excluding hydrogens is 324 g/mol. The van der Waals surface area contributed by atoms with E-state index in [9.17, 15) is 21.6 Å². The topological polar surface area (TPSA) is 119 Å². The number of hydrogen-bond donors (Lipinski definition) is 0. The Morgan fingerprint density at radius 3 is 2.10 bits per heavy atom. The summed E-state index contributed by atoms with van der Waals surface area (Å²) in [4.78, 5) is 19.0. The van der Waals surface area contributed by atoms with Crippen LogP contribution in [0.5, 0.6) is 0 Å². The lowest BCUT2D eigenvalue weighted by Crippen LogP contribution is -2.24. The van der Waals surface area contributed by atoms with Crippen LogP contribution in [-0.4, -0.2) is 48.4 Å². The fourth-order valence-corrected chi connectivity index (χ4v) is 1.64. The standard InChI is InChI=1S/C7H8O2S.C3H6N2O5S/c1-10(8,9)7-5-3-2-4-6-7;1-5(9-2)3(6)10-4-11(7)8/h2-6H,1H3;1-2H3. The Hall–Kier alpha value is -1.98. The minimum Gasteiger partial charge on any atom is -0.280 e. The first-order valence-corrected chi connectivity index (χ1v) is 8.15. The van der Waals surface area contributed by atoms with E-state index in [1.54, 1.807) is 30.3 Å².